The molecule has 1 aromatic carbocycles. The molecule has 2 N–H and O–H groups in total. The van der Waals surface area contributed by atoms with E-state index in [0.29, 0.717) is 5.69 Å². The van der Waals surface area contributed by atoms with Crippen molar-refractivity contribution in [3.05, 3.63) is 50.7 Å². The highest BCUT2D eigenvalue weighted by molar-refractivity contribution is 9.10. The standard InChI is InChI=1S/C11H7BrN2O3/c12-7-3-1-2-6(4-7)8-5-9(15)10(11(16)17)14-13-8/h1-5H,(H,13,15)(H,16,17). The van der Waals surface area contributed by atoms with Crippen molar-refractivity contribution >= 4 is 21.9 Å². The summed E-state index contributed by atoms with van der Waals surface area (Å²) in [6.45, 7) is 0. The third-order valence-corrected chi connectivity index (χ3v) is 2.63. The third kappa shape index (κ3) is 2.42. The van der Waals surface area contributed by atoms with Crippen LogP contribution >= 0.6 is 15.9 Å². The fourth-order valence-corrected chi connectivity index (χ4v) is 1.76. The van der Waals surface area contributed by atoms with Gasteiger partial charge in [-0.1, -0.05) is 28.1 Å². The smallest absolute Gasteiger partial charge is 0.360 e. The van der Waals surface area contributed by atoms with E-state index < -0.39 is 17.1 Å². The number of nitrogens with zero attached hydrogens (tertiary/aromatic N) is 1. The van der Waals surface area contributed by atoms with Crippen LogP contribution in [0.5, 0.6) is 0 Å². The quantitative estimate of drug-likeness (QED) is 0.886. The Morgan fingerprint density at radius 1 is 1.35 bits per heavy atom. The molecule has 1 heterocycles. The molecular weight excluding hydrogens is 288 g/mol. The first kappa shape index (κ1) is 11.5. The summed E-state index contributed by atoms with van der Waals surface area (Å²) in [7, 11) is 0. The molecule has 2 aromatic rings. The Balaban J connectivity index is 2.52. The molecule has 2 rings (SSSR count). The van der Waals surface area contributed by atoms with E-state index in [1.807, 2.05) is 12.1 Å². The maximum absolute atomic E-state index is 11.5. The average Bonchev–Trinajstić information content (AvgIpc) is 2.28. The largest absolute Gasteiger partial charge is 0.476 e. The molecule has 1 aromatic heterocycles. The molecule has 17 heavy (non-hydrogen) atoms. The van der Waals surface area contributed by atoms with Gasteiger partial charge in [0.25, 0.3) is 0 Å². The van der Waals surface area contributed by atoms with E-state index >= 15 is 0 Å². The zero-order valence-electron chi connectivity index (χ0n) is 8.48. The van der Waals surface area contributed by atoms with Crippen LogP contribution in [0.2, 0.25) is 0 Å². The van der Waals surface area contributed by atoms with Crippen LogP contribution < -0.4 is 5.43 Å². The molecule has 0 saturated carbocycles. The van der Waals surface area contributed by atoms with E-state index in [4.69, 9.17) is 5.11 Å². The minimum atomic E-state index is -1.34. The maximum Gasteiger partial charge on any atom is 0.360 e. The first-order chi connectivity index (χ1) is 8.08. The summed E-state index contributed by atoms with van der Waals surface area (Å²) in [4.78, 5) is 22.1. The van der Waals surface area contributed by atoms with Crippen molar-refractivity contribution < 1.29 is 9.90 Å². The van der Waals surface area contributed by atoms with Gasteiger partial charge in [0.1, 0.15) is 0 Å². The minimum Gasteiger partial charge on any atom is -0.476 e. The molecule has 6 heteroatoms. The number of halogens is 1. The molecule has 5 nitrogen and oxygen atoms in total. The number of aromatic amines is 1. The Hall–Kier alpha value is -1.95. The molecule has 0 unspecified atom stereocenters. The van der Waals surface area contributed by atoms with Gasteiger partial charge in [0, 0.05) is 16.1 Å². The van der Waals surface area contributed by atoms with Gasteiger partial charge in [-0.15, -0.1) is 0 Å². The number of carboxylic acids is 1. The Labute approximate surface area is 104 Å². The van der Waals surface area contributed by atoms with Gasteiger partial charge in [-0.25, -0.2) is 4.79 Å². The molecule has 0 aliphatic heterocycles. The minimum absolute atomic E-state index is 0.473. The van der Waals surface area contributed by atoms with E-state index in [1.165, 1.54) is 6.07 Å². The van der Waals surface area contributed by atoms with Crippen LogP contribution in [-0.2, 0) is 0 Å². The lowest BCUT2D eigenvalue weighted by Gasteiger charge is -2.01. The number of rotatable bonds is 2. The van der Waals surface area contributed by atoms with Crippen molar-refractivity contribution in [2.45, 2.75) is 0 Å². The topological polar surface area (TPSA) is 83.0 Å². The van der Waals surface area contributed by atoms with Gasteiger partial charge in [-0.3, -0.25) is 9.89 Å². The number of aromatic carboxylic acids is 1. The zero-order chi connectivity index (χ0) is 12.4. The number of nitrogens with one attached hydrogen (secondary N) is 1. The van der Waals surface area contributed by atoms with Gasteiger partial charge in [0.2, 0.25) is 11.1 Å². The Bertz CT molecular complexity index is 637. The summed E-state index contributed by atoms with van der Waals surface area (Å²) in [5.41, 5.74) is 0.0946. The first-order valence-electron chi connectivity index (χ1n) is 4.67. The van der Waals surface area contributed by atoms with Crippen molar-refractivity contribution in [3.8, 4) is 11.3 Å². The van der Waals surface area contributed by atoms with E-state index in [-0.39, 0.29) is 0 Å². The number of hydrogen-bond donors (Lipinski definition) is 2. The zero-order valence-corrected chi connectivity index (χ0v) is 10.1. The Morgan fingerprint density at radius 3 is 2.71 bits per heavy atom. The van der Waals surface area contributed by atoms with Crippen LogP contribution in [0.25, 0.3) is 11.3 Å². The molecule has 0 saturated heterocycles. The lowest BCUT2D eigenvalue weighted by molar-refractivity contribution is 0.0687. The van der Waals surface area contributed by atoms with Crippen molar-refractivity contribution in [3.63, 3.8) is 0 Å². The molecule has 0 radical (unpaired) electrons. The molecule has 0 aliphatic carbocycles. The van der Waals surface area contributed by atoms with Crippen LogP contribution in [0.1, 0.15) is 10.5 Å². The molecule has 0 atom stereocenters. The molecule has 86 valence electrons. The predicted molar refractivity (Wildman–Crippen MR) is 65.0 cm³/mol. The lowest BCUT2D eigenvalue weighted by atomic mass is 10.1. The number of aromatic nitrogens is 2. The number of carboxylic acid groups (broad SMARTS) is 1. The third-order valence-electron chi connectivity index (χ3n) is 2.14. The first-order valence-corrected chi connectivity index (χ1v) is 5.46. The van der Waals surface area contributed by atoms with Gasteiger partial charge in [-0.2, -0.15) is 5.10 Å². The van der Waals surface area contributed by atoms with Crippen molar-refractivity contribution in [2.24, 2.45) is 0 Å². The highest BCUT2D eigenvalue weighted by atomic mass is 79.9. The monoisotopic (exact) mass is 294 g/mol. The number of H-pyrrole nitrogens is 1. The van der Waals surface area contributed by atoms with Gasteiger partial charge in [0.05, 0.1) is 5.69 Å². The Kier molecular flexibility index (Phi) is 3.06. The van der Waals surface area contributed by atoms with Crippen LogP contribution in [0.15, 0.2) is 39.6 Å². The lowest BCUT2D eigenvalue weighted by Crippen LogP contribution is -2.17. The van der Waals surface area contributed by atoms with Gasteiger partial charge in [0.15, 0.2) is 0 Å². The van der Waals surface area contributed by atoms with Crippen LogP contribution in [0.3, 0.4) is 0 Å². The predicted octanol–water partition coefficient (Wildman–Crippen LogP) is 1.90. The van der Waals surface area contributed by atoms with Gasteiger partial charge in [-0.05, 0) is 12.1 Å². The number of hydrogen-bond acceptors (Lipinski definition) is 3. The average molecular weight is 295 g/mol. The second-order valence-electron chi connectivity index (χ2n) is 3.31. The van der Waals surface area contributed by atoms with Crippen LogP contribution in [0.4, 0.5) is 0 Å². The molecule has 0 spiro atoms. The van der Waals surface area contributed by atoms with Crippen LogP contribution in [-0.4, -0.2) is 21.3 Å². The molecule has 0 aliphatic rings. The molecule has 0 fully saturated rings. The summed E-state index contributed by atoms with van der Waals surface area (Å²) >= 11 is 3.31. The van der Waals surface area contributed by atoms with Crippen molar-refractivity contribution in [1.82, 2.24) is 10.2 Å². The highest BCUT2D eigenvalue weighted by Gasteiger charge is 2.11. The fourth-order valence-electron chi connectivity index (χ4n) is 1.36. The SMILES string of the molecule is O=C(O)c1n[nH]c(-c2cccc(Br)c2)cc1=O. The van der Waals surface area contributed by atoms with E-state index in [1.54, 1.807) is 12.1 Å². The van der Waals surface area contributed by atoms with Gasteiger partial charge >= 0.3 is 5.97 Å². The summed E-state index contributed by atoms with van der Waals surface area (Å²) < 4.78 is 0.859. The van der Waals surface area contributed by atoms with E-state index in [2.05, 4.69) is 26.1 Å². The van der Waals surface area contributed by atoms with E-state index in [9.17, 15) is 9.59 Å². The second-order valence-corrected chi connectivity index (χ2v) is 4.23. The molecular formula is C11H7BrN2O3. The fraction of sp³-hybridized carbons (Fsp3) is 0. The Morgan fingerprint density at radius 2 is 2.12 bits per heavy atom. The molecule has 0 bridgehead atoms. The van der Waals surface area contributed by atoms with Gasteiger partial charge < -0.3 is 5.11 Å². The summed E-state index contributed by atoms with van der Waals surface area (Å²) in [5.74, 6) is -1.34. The number of benzene rings is 1. The summed E-state index contributed by atoms with van der Waals surface area (Å²) in [6.07, 6.45) is 0. The van der Waals surface area contributed by atoms with Crippen molar-refractivity contribution in [2.75, 3.05) is 0 Å². The summed E-state index contributed by atoms with van der Waals surface area (Å²) in [6, 6.07) is 8.47. The highest BCUT2D eigenvalue weighted by Crippen LogP contribution is 2.19. The molecule has 0 amide bonds. The maximum atomic E-state index is 11.5. The second kappa shape index (κ2) is 4.50. The number of carbonyl (C=O) groups is 1. The van der Waals surface area contributed by atoms with E-state index in [0.717, 1.165) is 10.0 Å². The summed E-state index contributed by atoms with van der Waals surface area (Å²) in [5, 5.41) is 14.8. The normalized spacial score (nSPS) is 10.2. The van der Waals surface area contributed by atoms with Crippen LogP contribution in [0, 0.1) is 0 Å². The van der Waals surface area contributed by atoms with Crippen molar-refractivity contribution in [1.29, 1.82) is 0 Å².